The minimum atomic E-state index is 0.714. The molecule has 0 aliphatic carbocycles. The van der Waals surface area contributed by atoms with Gasteiger partial charge < -0.3 is 16.0 Å². The molecule has 3 N–H and O–H groups in total. The van der Waals surface area contributed by atoms with Gasteiger partial charge in [-0.1, -0.05) is 12.8 Å². The van der Waals surface area contributed by atoms with Gasteiger partial charge in [-0.05, 0) is 63.8 Å². The van der Waals surface area contributed by atoms with Gasteiger partial charge in [0.2, 0.25) is 0 Å². The molecule has 94 valence electrons. The third-order valence-corrected chi connectivity index (χ3v) is 4.08. The van der Waals surface area contributed by atoms with Crippen molar-refractivity contribution in [2.75, 3.05) is 39.3 Å². The first kappa shape index (κ1) is 12.3. The lowest BCUT2D eigenvalue weighted by atomic mass is 9.90. The summed E-state index contributed by atoms with van der Waals surface area (Å²) in [6.45, 7) is 7.13. The molecule has 0 aromatic carbocycles. The highest BCUT2D eigenvalue weighted by atomic mass is 15.1. The van der Waals surface area contributed by atoms with E-state index in [9.17, 15) is 0 Å². The lowest BCUT2D eigenvalue weighted by Crippen LogP contribution is -2.44. The second-order valence-corrected chi connectivity index (χ2v) is 5.58. The Bertz CT molecular complexity index is 188. The summed E-state index contributed by atoms with van der Waals surface area (Å²) in [7, 11) is 0. The molecule has 2 aliphatic rings. The van der Waals surface area contributed by atoms with Gasteiger partial charge in [0.25, 0.3) is 0 Å². The first-order valence-corrected chi connectivity index (χ1v) is 7.01. The van der Waals surface area contributed by atoms with E-state index >= 15 is 0 Å². The first-order chi connectivity index (χ1) is 7.88. The van der Waals surface area contributed by atoms with Crippen LogP contribution in [0.15, 0.2) is 0 Å². The molecule has 2 fully saturated rings. The predicted molar refractivity (Wildman–Crippen MR) is 68.4 cm³/mol. The van der Waals surface area contributed by atoms with E-state index in [4.69, 9.17) is 5.73 Å². The van der Waals surface area contributed by atoms with Gasteiger partial charge in [0.05, 0.1) is 0 Å². The number of nitrogens with two attached hydrogens (primary N) is 1. The van der Waals surface area contributed by atoms with Gasteiger partial charge in [-0.25, -0.2) is 0 Å². The van der Waals surface area contributed by atoms with E-state index in [2.05, 4.69) is 10.2 Å². The fourth-order valence-corrected chi connectivity index (χ4v) is 3.13. The van der Waals surface area contributed by atoms with Crippen LogP contribution in [0.2, 0.25) is 0 Å². The Morgan fingerprint density at radius 2 is 1.69 bits per heavy atom. The van der Waals surface area contributed by atoms with E-state index in [1.165, 1.54) is 58.3 Å². The highest BCUT2D eigenvalue weighted by molar-refractivity contribution is 4.79. The second kappa shape index (κ2) is 6.58. The average Bonchev–Trinajstić information content (AvgIpc) is 2.58. The van der Waals surface area contributed by atoms with Crippen LogP contribution in [-0.2, 0) is 0 Å². The Morgan fingerprint density at radius 1 is 1.00 bits per heavy atom. The Labute approximate surface area is 99.8 Å². The maximum absolute atomic E-state index is 5.77. The van der Waals surface area contributed by atoms with E-state index in [0.717, 1.165) is 19.0 Å². The minimum Gasteiger partial charge on any atom is -0.330 e. The highest BCUT2D eigenvalue weighted by Crippen LogP contribution is 2.18. The number of hydrogen-bond donors (Lipinski definition) is 2. The van der Waals surface area contributed by atoms with Crippen molar-refractivity contribution in [2.45, 2.75) is 32.1 Å². The van der Waals surface area contributed by atoms with Crippen molar-refractivity contribution in [3.05, 3.63) is 0 Å². The standard InChI is InChI=1S/C13H27N3/c14-8-12-7-13(10-15-9-12)11-16-5-3-1-2-4-6-16/h12-13,15H,1-11,14H2. The van der Waals surface area contributed by atoms with E-state index in [0.29, 0.717) is 5.92 Å². The van der Waals surface area contributed by atoms with Crippen LogP contribution in [0.4, 0.5) is 0 Å². The summed E-state index contributed by atoms with van der Waals surface area (Å²) < 4.78 is 0. The molecule has 3 heteroatoms. The number of nitrogens with one attached hydrogen (secondary N) is 1. The molecule has 0 spiro atoms. The van der Waals surface area contributed by atoms with Gasteiger partial charge in [0, 0.05) is 6.54 Å². The van der Waals surface area contributed by atoms with Crippen molar-refractivity contribution in [1.82, 2.24) is 10.2 Å². The van der Waals surface area contributed by atoms with Crippen LogP contribution in [0.5, 0.6) is 0 Å². The van der Waals surface area contributed by atoms with Crippen molar-refractivity contribution >= 4 is 0 Å². The third-order valence-electron chi connectivity index (χ3n) is 4.08. The van der Waals surface area contributed by atoms with Crippen LogP contribution in [0.1, 0.15) is 32.1 Å². The number of nitrogens with zero attached hydrogens (tertiary/aromatic N) is 1. The van der Waals surface area contributed by atoms with E-state index in [1.54, 1.807) is 0 Å². The van der Waals surface area contributed by atoms with Gasteiger partial charge in [-0.2, -0.15) is 0 Å². The number of rotatable bonds is 3. The van der Waals surface area contributed by atoms with E-state index < -0.39 is 0 Å². The molecule has 0 bridgehead atoms. The lowest BCUT2D eigenvalue weighted by molar-refractivity contribution is 0.191. The zero-order chi connectivity index (χ0) is 11.2. The van der Waals surface area contributed by atoms with Crippen molar-refractivity contribution in [2.24, 2.45) is 17.6 Å². The molecule has 2 heterocycles. The van der Waals surface area contributed by atoms with Crippen molar-refractivity contribution in [3.63, 3.8) is 0 Å². The summed E-state index contributed by atoms with van der Waals surface area (Å²) in [6, 6.07) is 0. The summed E-state index contributed by atoms with van der Waals surface area (Å²) in [5, 5.41) is 3.53. The summed E-state index contributed by atoms with van der Waals surface area (Å²) in [5.74, 6) is 1.55. The summed E-state index contributed by atoms with van der Waals surface area (Å²) >= 11 is 0. The zero-order valence-electron chi connectivity index (χ0n) is 10.5. The maximum Gasteiger partial charge on any atom is 0.00219 e. The quantitative estimate of drug-likeness (QED) is 0.754. The Morgan fingerprint density at radius 3 is 2.38 bits per heavy atom. The number of hydrogen-bond acceptors (Lipinski definition) is 3. The molecule has 2 unspecified atom stereocenters. The normalized spacial score (nSPS) is 33.6. The average molecular weight is 225 g/mol. The summed E-state index contributed by atoms with van der Waals surface area (Å²) in [4.78, 5) is 2.68. The number of likely N-dealkylation sites (tertiary alicyclic amines) is 1. The summed E-state index contributed by atoms with van der Waals surface area (Å²) in [5.41, 5.74) is 5.77. The van der Waals surface area contributed by atoms with Crippen LogP contribution in [0.3, 0.4) is 0 Å². The highest BCUT2D eigenvalue weighted by Gasteiger charge is 2.22. The minimum absolute atomic E-state index is 0.714. The van der Waals surface area contributed by atoms with Crippen LogP contribution < -0.4 is 11.1 Å². The van der Waals surface area contributed by atoms with E-state index in [1.807, 2.05) is 0 Å². The molecule has 2 rings (SSSR count). The van der Waals surface area contributed by atoms with Crippen molar-refractivity contribution in [3.8, 4) is 0 Å². The molecule has 2 aliphatic heterocycles. The largest absolute Gasteiger partial charge is 0.330 e. The van der Waals surface area contributed by atoms with Crippen LogP contribution in [-0.4, -0.2) is 44.2 Å². The second-order valence-electron chi connectivity index (χ2n) is 5.58. The fourth-order valence-electron chi connectivity index (χ4n) is 3.13. The predicted octanol–water partition coefficient (Wildman–Crippen LogP) is 1.05. The van der Waals surface area contributed by atoms with Crippen LogP contribution in [0.25, 0.3) is 0 Å². The fraction of sp³-hybridized carbons (Fsp3) is 1.00. The number of piperidine rings is 1. The van der Waals surface area contributed by atoms with Gasteiger partial charge in [-0.15, -0.1) is 0 Å². The van der Waals surface area contributed by atoms with Crippen LogP contribution >= 0.6 is 0 Å². The van der Waals surface area contributed by atoms with Crippen molar-refractivity contribution in [1.29, 1.82) is 0 Å². The Kier molecular flexibility index (Phi) is 5.07. The molecule has 2 saturated heterocycles. The molecular formula is C13H27N3. The zero-order valence-corrected chi connectivity index (χ0v) is 10.5. The van der Waals surface area contributed by atoms with Gasteiger partial charge in [-0.3, -0.25) is 0 Å². The van der Waals surface area contributed by atoms with Gasteiger partial charge in [0.1, 0.15) is 0 Å². The molecule has 0 amide bonds. The van der Waals surface area contributed by atoms with Crippen LogP contribution in [0, 0.1) is 11.8 Å². The van der Waals surface area contributed by atoms with Gasteiger partial charge >= 0.3 is 0 Å². The smallest absolute Gasteiger partial charge is 0.00219 e. The topological polar surface area (TPSA) is 41.3 Å². The molecule has 2 atom stereocenters. The van der Waals surface area contributed by atoms with Gasteiger partial charge in [0.15, 0.2) is 0 Å². The molecule has 16 heavy (non-hydrogen) atoms. The SMILES string of the molecule is NCC1CNCC(CN2CCCCCC2)C1. The lowest BCUT2D eigenvalue weighted by Gasteiger charge is -2.33. The molecule has 0 aromatic rings. The Balaban J connectivity index is 1.74. The monoisotopic (exact) mass is 225 g/mol. The summed E-state index contributed by atoms with van der Waals surface area (Å²) in [6.07, 6.45) is 7.01. The molecule has 0 saturated carbocycles. The molecule has 3 nitrogen and oxygen atoms in total. The third kappa shape index (κ3) is 3.72. The first-order valence-electron chi connectivity index (χ1n) is 7.01. The molecule has 0 aromatic heterocycles. The van der Waals surface area contributed by atoms with Crippen molar-refractivity contribution < 1.29 is 0 Å². The molecular weight excluding hydrogens is 198 g/mol. The van der Waals surface area contributed by atoms with E-state index in [-0.39, 0.29) is 0 Å². The molecule has 0 radical (unpaired) electrons. The Hall–Kier alpha value is -0.120. The maximum atomic E-state index is 5.77.